The van der Waals surface area contributed by atoms with Crippen molar-refractivity contribution in [1.29, 1.82) is 0 Å². The Morgan fingerprint density at radius 1 is 1.25 bits per heavy atom. The van der Waals surface area contributed by atoms with Crippen LogP contribution in [-0.4, -0.2) is 5.91 Å². The van der Waals surface area contributed by atoms with Crippen LogP contribution in [0.15, 0.2) is 29.6 Å². The lowest BCUT2D eigenvalue weighted by Crippen LogP contribution is -2.15. The highest BCUT2D eigenvalue weighted by Crippen LogP contribution is 2.22. The maximum atomic E-state index is 13.4. The van der Waals surface area contributed by atoms with Crippen LogP contribution in [0.25, 0.3) is 0 Å². The van der Waals surface area contributed by atoms with E-state index in [9.17, 15) is 13.6 Å². The number of carbonyl (C=O) groups is 1. The fraction of sp³-hybridized carbons (Fsp3) is 0.214. The van der Waals surface area contributed by atoms with Gasteiger partial charge in [0.15, 0.2) is 0 Å². The van der Waals surface area contributed by atoms with Crippen molar-refractivity contribution in [2.24, 2.45) is 0 Å². The lowest BCUT2D eigenvalue weighted by atomic mass is 10.2. The van der Waals surface area contributed by atoms with E-state index in [1.54, 1.807) is 0 Å². The Labute approximate surface area is 119 Å². The molecule has 0 saturated heterocycles. The van der Waals surface area contributed by atoms with Crippen molar-refractivity contribution in [2.45, 2.75) is 20.0 Å². The minimum Gasteiger partial charge on any atom is -0.325 e. The van der Waals surface area contributed by atoms with Crippen LogP contribution in [0.2, 0.25) is 0 Å². The molecule has 6 heteroatoms. The Morgan fingerprint density at radius 3 is 2.80 bits per heavy atom. The molecule has 0 spiro atoms. The van der Waals surface area contributed by atoms with E-state index in [2.05, 4.69) is 10.6 Å². The molecule has 1 aromatic carbocycles. The molecule has 0 saturated carbocycles. The van der Waals surface area contributed by atoms with Crippen LogP contribution < -0.4 is 10.6 Å². The average Bonchev–Trinajstić information content (AvgIpc) is 2.80. The number of rotatable bonds is 5. The predicted octanol–water partition coefficient (Wildman–Crippen LogP) is 3.27. The van der Waals surface area contributed by atoms with Gasteiger partial charge in [0.05, 0.1) is 5.69 Å². The molecule has 2 N–H and O–H groups in total. The zero-order valence-electron chi connectivity index (χ0n) is 10.9. The van der Waals surface area contributed by atoms with E-state index in [0.29, 0.717) is 6.54 Å². The highest BCUT2D eigenvalue weighted by Gasteiger charge is 2.07. The minimum atomic E-state index is -0.460. The summed E-state index contributed by atoms with van der Waals surface area (Å²) < 4.78 is 26.4. The maximum Gasteiger partial charge on any atom is 0.221 e. The summed E-state index contributed by atoms with van der Waals surface area (Å²) in [6.45, 7) is 2.14. The number of thiophene rings is 1. The summed E-state index contributed by atoms with van der Waals surface area (Å²) in [4.78, 5) is 12.0. The highest BCUT2D eigenvalue weighted by molar-refractivity contribution is 7.10. The van der Waals surface area contributed by atoms with Crippen molar-refractivity contribution in [3.63, 3.8) is 0 Å². The Balaban J connectivity index is 1.94. The quantitative estimate of drug-likeness (QED) is 0.889. The van der Waals surface area contributed by atoms with Crippen molar-refractivity contribution < 1.29 is 13.6 Å². The number of hydrogen-bond donors (Lipinski definition) is 2. The number of benzene rings is 1. The summed E-state index contributed by atoms with van der Waals surface area (Å²) in [7, 11) is 0. The van der Waals surface area contributed by atoms with Gasteiger partial charge in [-0.15, -0.1) is 11.3 Å². The molecule has 0 fully saturated rings. The van der Waals surface area contributed by atoms with Crippen molar-refractivity contribution in [3.05, 3.63) is 51.7 Å². The van der Waals surface area contributed by atoms with Crippen LogP contribution in [0.4, 0.5) is 14.5 Å². The first kappa shape index (κ1) is 14.6. The zero-order chi connectivity index (χ0) is 14.5. The molecule has 0 radical (unpaired) electrons. The Hall–Kier alpha value is -1.79. The first-order valence-electron chi connectivity index (χ1n) is 6.05. The number of halogens is 2. The third-order valence-electron chi connectivity index (χ3n) is 2.66. The molecular weight excluding hydrogens is 282 g/mol. The van der Waals surface area contributed by atoms with E-state index in [1.165, 1.54) is 24.3 Å². The van der Waals surface area contributed by atoms with Crippen LogP contribution in [0.3, 0.4) is 0 Å². The molecule has 1 aromatic heterocycles. The van der Waals surface area contributed by atoms with E-state index in [0.717, 1.165) is 22.7 Å². The number of anilines is 1. The average molecular weight is 296 g/mol. The number of nitrogens with one attached hydrogen (secondary N) is 2. The normalized spacial score (nSPS) is 10.6. The molecule has 0 aliphatic carbocycles. The summed E-state index contributed by atoms with van der Waals surface area (Å²) in [6.07, 6.45) is 0. The third-order valence-corrected chi connectivity index (χ3v) is 3.59. The monoisotopic (exact) mass is 296 g/mol. The lowest BCUT2D eigenvalue weighted by molar-refractivity contribution is -0.114. The summed E-state index contributed by atoms with van der Waals surface area (Å²) >= 11 is 1.49. The van der Waals surface area contributed by atoms with Gasteiger partial charge in [0, 0.05) is 30.5 Å². The van der Waals surface area contributed by atoms with Crippen LogP contribution in [0.5, 0.6) is 0 Å². The van der Waals surface area contributed by atoms with Gasteiger partial charge in [-0.2, -0.15) is 0 Å². The van der Waals surface area contributed by atoms with Gasteiger partial charge in [-0.25, -0.2) is 8.78 Å². The summed E-state index contributed by atoms with van der Waals surface area (Å²) in [5.41, 5.74) is 1.03. The molecule has 0 aliphatic rings. The fourth-order valence-electron chi connectivity index (χ4n) is 1.77. The van der Waals surface area contributed by atoms with Gasteiger partial charge in [-0.1, -0.05) is 0 Å². The molecule has 106 valence electrons. The molecule has 1 amide bonds. The second-order valence-corrected chi connectivity index (χ2v) is 5.28. The second kappa shape index (κ2) is 6.58. The SMILES string of the molecule is CC(=O)Nc1ccsc1CNCc1cc(F)ccc1F. The summed E-state index contributed by atoms with van der Waals surface area (Å²) in [5.74, 6) is -1.04. The molecule has 2 rings (SSSR count). The highest BCUT2D eigenvalue weighted by atomic mass is 32.1. The van der Waals surface area contributed by atoms with E-state index < -0.39 is 11.6 Å². The largest absolute Gasteiger partial charge is 0.325 e. The molecule has 3 nitrogen and oxygen atoms in total. The van der Waals surface area contributed by atoms with Crippen LogP contribution in [-0.2, 0) is 17.9 Å². The molecule has 20 heavy (non-hydrogen) atoms. The Morgan fingerprint density at radius 2 is 2.05 bits per heavy atom. The minimum absolute atomic E-state index is 0.138. The van der Waals surface area contributed by atoms with Crippen molar-refractivity contribution in [2.75, 3.05) is 5.32 Å². The zero-order valence-corrected chi connectivity index (χ0v) is 11.7. The first-order valence-corrected chi connectivity index (χ1v) is 6.93. The number of hydrogen-bond acceptors (Lipinski definition) is 3. The van der Waals surface area contributed by atoms with Crippen LogP contribution >= 0.6 is 11.3 Å². The predicted molar refractivity (Wildman–Crippen MR) is 75.5 cm³/mol. The van der Waals surface area contributed by atoms with E-state index >= 15 is 0 Å². The standard InChI is InChI=1S/C14H14F2N2OS/c1-9(19)18-13-4-5-20-14(13)8-17-7-10-6-11(15)2-3-12(10)16/h2-6,17H,7-8H2,1H3,(H,18,19). The topological polar surface area (TPSA) is 41.1 Å². The fourth-order valence-corrected chi connectivity index (χ4v) is 2.57. The molecule has 2 aromatic rings. The molecule has 0 bridgehead atoms. The number of carbonyl (C=O) groups excluding carboxylic acids is 1. The van der Waals surface area contributed by atoms with Gasteiger partial charge in [-0.05, 0) is 29.6 Å². The van der Waals surface area contributed by atoms with Gasteiger partial charge < -0.3 is 10.6 Å². The van der Waals surface area contributed by atoms with Crippen LogP contribution in [0.1, 0.15) is 17.4 Å². The molecule has 0 aliphatic heterocycles. The molecule has 1 heterocycles. The molecular formula is C14H14F2N2OS. The van der Waals surface area contributed by atoms with Gasteiger partial charge in [0.2, 0.25) is 5.91 Å². The number of amides is 1. The van der Waals surface area contributed by atoms with Gasteiger partial charge in [-0.3, -0.25) is 4.79 Å². The lowest BCUT2D eigenvalue weighted by Gasteiger charge is -2.07. The van der Waals surface area contributed by atoms with E-state index in [4.69, 9.17) is 0 Å². The Bertz CT molecular complexity index is 613. The van der Waals surface area contributed by atoms with Crippen LogP contribution in [0, 0.1) is 11.6 Å². The van der Waals surface area contributed by atoms with E-state index in [1.807, 2.05) is 11.4 Å². The smallest absolute Gasteiger partial charge is 0.221 e. The van der Waals surface area contributed by atoms with Gasteiger partial charge >= 0.3 is 0 Å². The van der Waals surface area contributed by atoms with Gasteiger partial charge in [0.1, 0.15) is 11.6 Å². The Kier molecular flexibility index (Phi) is 4.81. The van der Waals surface area contributed by atoms with Crippen molar-refractivity contribution in [3.8, 4) is 0 Å². The van der Waals surface area contributed by atoms with E-state index in [-0.39, 0.29) is 18.0 Å². The maximum absolute atomic E-state index is 13.4. The molecule has 0 atom stereocenters. The van der Waals surface area contributed by atoms with Crippen molar-refractivity contribution >= 4 is 22.9 Å². The molecule has 0 unspecified atom stereocenters. The summed E-state index contributed by atoms with van der Waals surface area (Å²) in [5, 5.41) is 7.62. The third kappa shape index (κ3) is 3.85. The summed E-state index contributed by atoms with van der Waals surface area (Å²) in [6, 6.07) is 5.19. The first-order chi connectivity index (χ1) is 9.56. The second-order valence-electron chi connectivity index (χ2n) is 4.28. The van der Waals surface area contributed by atoms with Gasteiger partial charge in [0.25, 0.3) is 0 Å². The van der Waals surface area contributed by atoms with Crippen molar-refractivity contribution in [1.82, 2.24) is 5.32 Å².